The Morgan fingerprint density at radius 1 is 0.707 bits per heavy atom. The number of aliphatic hydroxyl groups excluding tert-OH is 6. The fraction of sp³-hybridized carbons (Fsp3) is 0.444. The maximum Gasteiger partial charge on any atom is 0.239 e. The second-order valence-electron chi connectivity index (χ2n) is 10.1. The van der Waals surface area contributed by atoms with Gasteiger partial charge in [-0.05, 0) is 38.1 Å². The number of aromatic hydroxyl groups is 2. The number of rotatable bonds is 5. The maximum absolute atomic E-state index is 13.7. The molecule has 3 heterocycles. The molecular weight excluding hydrogens is 548 g/mol. The van der Waals surface area contributed by atoms with Crippen molar-refractivity contribution in [1.82, 2.24) is 0 Å². The first-order valence-corrected chi connectivity index (χ1v) is 12.7. The van der Waals surface area contributed by atoms with Crippen LogP contribution in [-0.2, 0) is 9.47 Å². The van der Waals surface area contributed by atoms with Gasteiger partial charge in [-0.25, -0.2) is 0 Å². The van der Waals surface area contributed by atoms with E-state index in [1.54, 1.807) is 0 Å². The van der Waals surface area contributed by atoms with Crippen LogP contribution in [0.3, 0.4) is 0 Å². The molecule has 0 unspecified atom stereocenters. The molecule has 222 valence electrons. The average molecular weight is 579 g/mol. The van der Waals surface area contributed by atoms with E-state index in [1.807, 2.05) is 0 Å². The summed E-state index contributed by atoms with van der Waals surface area (Å²) in [5.41, 5.74) is -0.865. The van der Waals surface area contributed by atoms with Crippen molar-refractivity contribution in [2.24, 2.45) is 0 Å². The van der Waals surface area contributed by atoms with Crippen molar-refractivity contribution in [3.8, 4) is 34.3 Å². The van der Waals surface area contributed by atoms with E-state index in [0.29, 0.717) is 0 Å². The molecule has 2 aliphatic heterocycles. The molecule has 0 radical (unpaired) electrons. The van der Waals surface area contributed by atoms with Crippen LogP contribution in [0, 0.1) is 0 Å². The lowest BCUT2D eigenvalue weighted by atomic mass is 10.00. The molecule has 0 spiro atoms. The van der Waals surface area contributed by atoms with Crippen LogP contribution in [-0.4, -0.2) is 102 Å². The minimum absolute atomic E-state index is 0.0859. The highest BCUT2D eigenvalue weighted by molar-refractivity contribution is 5.88. The number of aliphatic hydroxyl groups is 6. The van der Waals surface area contributed by atoms with Crippen LogP contribution in [0.5, 0.6) is 23.0 Å². The van der Waals surface area contributed by atoms with Gasteiger partial charge < -0.3 is 64.2 Å². The number of ether oxygens (including phenoxy) is 4. The summed E-state index contributed by atoms with van der Waals surface area (Å²) in [6, 6.07) is 7.71. The highest BCUT2D eigenvalue weighted by atomic mass is 16.7. The predicted octanol–water partition coefficient (Wildman–Crippen LogP) is -0.716. The van der Waals surface area contributed by atoms with Gasteiger partial charge in [0.25, 0.3) is 0 Å². The summed E-state index contributed by atoms with van der Waals surface area (Å²) >= 11 is 0. The zero-order valence-corrected chi connectivity index (χ0v) is 21.8. The predicted molar refractivity (Wildman–Crippen MR) is 137 cm³/mol. The van der Waals surface area contributed by atoms with Crippen LogP contribution >= 0.6 is 0 Å². The lowest BCUT2D eigenvalue weighted by Crippen LogP contribution is -2.58. The summed E-state index contributed by atoms with van der Waals surface area (Å²) in [7, 11) is 0. The number of hydrogen-bond donors (Lipinski definition) is 8. The number of hydrogen-bond acceptors (Lipinski definition) is 14. The molecule has 10 atom stereocenters. The molecule has 1 aromatic heterocycles. The zero-order chi connectivity index (χ0) is 29.7. The maximum atomic E-state index is 13.7. The van der Waals surface area contributed by atoms with Gasteiger partial charge in [0.15, 0.2) is 5.76 Å². The Labute approximate surface area is 231 Å². The first-order valence-electron chi connectivity index (χ1n) is 12.7. The van der Waals surface area contributed by atoms with E-state index < -0.39 is 78.3 Å². The number of fused-ring (bicyclic) bond motifs is 1. The molecule has 0 amide bonds. The fourth-order valence-corrected chi connectivity index (χ4v) is 4.71. The van der Waals surface area contributed by atoms with E-state index in [4.69, 9.17) is 23.4 Å². The van der Waals surface area contributed by atoms with Crippen LogP contribution in [0.15, 0.2) is 45.6 Å². The van der Waals surface area contributed by atoms with Crippen molar-refractivity contribution in [3.05, 3.63) is 46.6 Å². The van der Waals surface area contributed by atoms with Crippen molar-refractivity contribution < 1.29 is 64.2 Å². The number of phenols is 2. The van der Waals surface area contributed by atoms with E-state index in [2.05, 4.69) is 0 Å². The normalized spacial score (nSPS) is 34.0. The quantitative estimate of drug-likeness (QED) is 0.187. The zero-order valence-electron chi connectivity index (χ0n) is 21.8. The highest BCUT2D eigenvalue weighted by Crippen LogP contribution is 2.38. The first kappa shape index (κ1) is 29.0. The molecule has 2 aromatic carbocycles. The van der Waals surface area contributed by atoms with Gasteiger partial charge >= 0.3 is 0 Å². The standard InChI is InChI=1S/C27H30O14/c1-9-17(30)20(33)22(35)26(37-9)39-13-7-14(29)16-15(8-13)40-24(11-3-5-12(28)6-4-11)25(19(16)32)41-27-23(36)21(34)18(31)10(2)38-27/h3-10,17-18,20-23,26-31,33-36H,1-2H3/t9-,10+,17-,18+,20+,21-,22+,23-,26+,27-/m1/s1. The molecule has 3 aromatic rings. The van der Waals surface area contributed by atoms with E-state index in [1.165, 1.54) is 44.2 Å². The monoisotopic (exact) mass is 578 g/mol. The van der Waals surface area contributed by atoms with Crippen LogP contribution in [0.1, 0.15) is 13.8 Å². The van der Waals surface area contributed by atoms with Gasteiger partial charge in [-0.3, -0.25) is 4.79 Å². The summed E-state index contributed by atoms with van der Waals surface area (Å²) in [5, 5.41) is 81.1. The Balaban J connectivity index is 1.58. The molecule has 0 saturated carbocycles. The third kappa shape index (κ3) is 5.31. The van der Waals surface area contributed by atoms with Gasteiger partial charge in [0.2, 0.25) is 23.8 Å². The lowest BCUT2D eigenvalue weighted by Gasteiger charge is -2.39. The Hall–Kier alpha value is -3.47. The SMILES string of the molecule is C[C@@H]1O[C@H](Oc2c(-c3ccc(O)cc3)oc3cc(O[C@@H]4O[C@H](C)[C@@H](O)[C@H](O)[C@@H]4O)cc(O)c3c2=O)[C@H](O)[C@H](O)[C@H]1O. The topological polar surface area (TPSA) is 229 Å². The van der Waals surface area contributed by atoms with Gasteiger partial charge in [0, 0.05) is 17.7 Å². The van der Waals surface area contributed by atoms with Gasteiger partial charge in [-0.2, -0.15) is 0 Å². The first-order chi connectivity index (χ1) is 19.4. The van der Waals surface area contributed by atoms with E-state index >= 15 is 0 Å². The number of phenolic OH excluding ortho intramolecular Hbond substituents is 2. The van der Waals surface area contributed by atoms with Crippen LogP contribution in [0.2, 0.25) is 0 Å². The van der Waals surface area contributed by atoms with E-state index in [9.17, 15) is 45.6 Å². The smallest absolute Gasteiger partial charge is 0.239 e. The summed E-state index contributed by atoms with van der Waals surface area (Å²) in [4.78, 5) is 13.7. The molecule has 2 saturated heterocycles. The number of benzene rings is 2. The second-order valence-corrected chi connectivity index (χ2v) is 10.1. The van der Waals surface area contributed by atoms with E-state index in [-0.39, 0.29) is 33.8 Å². The minimum atomic E-state index is -1.76. The molecule has 41 heavy (non-hydrogen) atoms. The average Bonchev–Trinajstić information content (AvgIpc) is 2.93. The largest absolute Gasteiger partial charge is 0.508 e. The summed E-state index contributed by atoms with van der Waals surface area (Å²) in [5.74, 6) is -1.55. The van der Waals surface area contributed by atoms with Crippen molar-refractivity contribution in [2.75, 3.05) is 0 Å². The van der Waals surface area contributed by atoms with Crippen LogP contribution < -0.4 is 14.9 Å². The molecule has 0 bridgehead atoms. The highest BCUT2D eigenvalue weighted by Gasteiger charge is 2.45. The molecular formula is C27H30O14. The lowest BCUT2D eigenvalue weighted by molar-refractivity contribution is -0.268. The van der Waals surface area contributed by atoms with Gasteiger partial charge in [0.05, 0.1) is 12.2 Å². The summed E-state index contributed by atoms with van der Waals surface area (Å²) in [6.07, 6.45) is -14.3. The second kappa shape index (κ2) is 11.1. The molecule has 2 aliphatic rings. The summed E-state index contributed by atoms with van der Waals surface area (Å²) < 4.78 is 28.2. The molecule has 14 heteroatoms. The van der Waals surface area contributed by atoms with Crippen molar-refractivity contribution in [1.29, 1.82) is 0 Å². The minimum Gasteiger partial charge on any atom is -0.508 e. The Kier molecular flexibility index (Phi) is 7.84. The molecule has 0 aliphatic carbocycles. The Bertz CT molecular complexity index is 1460. The third-order valence-corrected chi connectivity index (χ3v) is 7.14. The van der Waals surface area contributed by atoms with Gasteiger partial charge in [-0.1, -0.05) is 0 Å². The van der Waals surface area contributed by atoms with Crippen LogP contribution in [0.25, 0.3) is 22.3 Å². The fourth-order valence-electron chi connectivity index (χ4n) is 4.71. The van der Waals surface area contributed by atoms with Crippen molar-refractivity contribution in [2.45, 2.75) is 75.3 Å². The molecule has 8 N–H and O–H groups in total. The Morgan fingerprint density at radius 2 is 1.24 bits per heavy atom. The van der Waals surface area contributed by atoms with Crippen LogP contribution in [0.4, 0.5) is 0 Å². The van der Waals surface area contributed by atoms with Crippen molar-refractivity contribution >= 4 is 11.0 Å². The third-order valence-electron chi connectivity index (χ3n) is 7.14. The molecule has 2 fully saturated rings. The summed E-state index contributed by atoms with van der Waals surface area (Å²) in [6.45, 7) is 2.90. The van der Waals surface area contributed by atoms with Gasteiger partial charge in [-0.15, -0.1) is 0 Å². The molecule has 5 rings (SSSR count). The van der Waals surface area contributed by atoms with Crippen molar-refractivity contribution in [3.63, 3.8) is 0 Å². The van der Waals surface area contributed by atoms with Gasteiger partial charge in [0.1, 0.15) is 64.8 Å². The van der Waals surface area contributed by atoms with E-state index in [0.717, 1.165) is 6.07 Å². The molecule has 14 nitrogen and oxygen atoms in total. The Morgan fingerprint density at radius 3 is 1.80 bits per heavy atom.